The number of nitrogens with zero attached hydrogens (tertiary/aromatic N) is 1. The molecule has 0 aromatic carbocycles. The van der Waals surface area contributed by atoms with Gasteiger partial charge >= 0.3 is 13.8 Å². The van der Waals surface area contributed by atoms with Gasteiger partial charge in [0.05, 0.1) is 34.4 Å². The molecule has 0 heterocycles. The second-order valence-corrected chi connectivity index (χ2v) is 18.9. The quantitative estimate of drug-likeness (QED) is 0.0214. The molecule has 0 aliphatic heterocycles. The van der Waals surface area contributed by atoms with Crippen LogP contribution in [0.1, 0.15) is 206 Å². The number of ether oxygens (including phenoxy) is 2. The molecule has 0 spiro atoms. The molecular weight excluding hydrogens is 758 g/mol. The molecule has 2 atom stereocenters. The smallest absolute Gasteiger partial charge is 0.457 e. The first-order valence-electron chi connectivity index (χ1n) is 24.4. The number of likely N-dealkylation sites (N-methyl/N-ethyl adjacent to an activating group) is 1. The number of phosphoric acid groups is 1. The Morgan fingerprint density at radius 1 is 0.542 bits per heavy atom. The fraction of sp³-hybridized carbons (Fsp3) is 0.820. The number of carbonyl (C=O) groups is 1. The number of carbonyl (C=O) groups excluding carboxylic acids is 1. The van der Waals surface area contributed by atoms with Crippen molar-refractivity contribution in [2.45, 2.75) is 213 Å². The van der Waals surface area contributed by atoms with E-state index in [0.717, 1.165) is 57.8 Å². The summed E-state index contributed by atoms with van der Waals surface area (Å²) in [6, 6.07) is 0. The van der Waals surface area contributed by atoms with Crippen molar-refractivity contribution in [3.05, 3.63) is 48.6 Å². The number of quaternary nitrogens is 1. The van der Waals surface area contributed by atoms with Gasteiger partial charge < -0.3 is 18.9 Å². The van der Waals surface area contributed by atoms with Crippen LogP contribution in [0.5, 0.6) is 0 Å². The third-order valence-electron chi connectivity index (χ3n) is 10.4. The molecule has 0 aliphatic rings. The molecule has 2 unspecified atom stereocenters. The van der Waals surface area contributed by atoms with Crippen molar-refractivity contribution in [2.75, 3.05) is 54.1 Å². The monoisotopic (exact) mass is 853 g/mol. The highest BCUT2D eigenvalue weighted by atomic mass is 31.2. The Labute approximate surface area is 365 Å². The summed E-state index contributed by atoms with van der Waals surface area (Å²) in [6.07, 6.45) is 53.2. The van der Waals surface area contributed by atoms with Crippen molar-refractivity contribution < 1.29 is 37.3 Å². The first kappa shape index (κ1) is 57.5. The standard InChI is InChI=1S/C50H94NO7P/c1-6-8-10-12-14-16-18-20-22-23-24-25-26-27-28-29-30-31-33-35-37-39-41-43-50(52)58-49(48-57-59(53,54)56-46-44-51(3,4)5)47-55-45-42-40-38-36-34-32-21-19-17-15-13-11-9-7-2/h9,11,15,17,21,32,36,38,49H,6-8,10,12-14,16,18-20,22-31,33-35,37,39-48H2,1-5H3/p+1/b11-9-,17-15-,32-21-,38-36-. The average Bonchev–Trinajstić information content (AvgIpc) is 3.19. The van der Waals surface area contributed by atoms with Gasteiger partial charge in [-0.1, -0.05) is 204 Å². The van der Waals surface area contributed by atoms with Crippen LogP contribution in [0.3, 0.4) is 0 Å². The summed E-state index contributed by atoms with van der Waals surface area (Å²) in [4.78, 5) is 22.9. The van der Waals surface area contributed by atoms with Crippen LogP contribution in [0.4, 0.5) is 0 Å². The minimum atomic E-state index is -4.29. The van der Waals surface area contributed by atoms with Gasteiger partial charge in [0, 0.05) is 13.0 Å². The predicted molar refractivity (Wildman–Crippen MR) is 252 cm³/mol. The summed E-state index contributed by atoms with van der Waals surface area (Å²) in [5.41, 5.74) is 0. The Balaban J connectivity index is 4.15. The number of hydrogen-bond donors (Lipinski definition) is 1. The minimum absolute atomic E-state index is 0.0784. The number of hydrogen-bond acceptors (Lipinski definition) is 6. The Morgan fingerprint density at radius 2 is 0.966 bits per heavy atom. The van der Waals surface area contributed by atoms with Crippen LogP contribution in [-0.2, 0) is 27.9 Å². The topological polar surface area (TPSA) is 91.3 Å². The summed E-state index contributed by atoms with van der Waals surface area (Å²) < 4.78 is 35.0. The molecular formula is C50H95NO7P+. The number of allylic oxidation sites excluding steroid dienone is 8. The molecule has 0 rings (SSSR count). The van der Waals surface area contributed by atoms with Gasteiger partial charge in [0.25, 0.3) is 0 Å². The Bertz CT molecular complexity index is 1080. The van der Waals surface area contributed by atoms with Crippen molar-refractivity contribution >= 4 is 13.8 Å². The summed E-state index contributed by atoms with van der Waals surface area (Å²) in [5.74, 6) is -0.329. The van der Waals surface area contributed by atoms with E-state index in [9.17, 15) is 14.3 Å². The van der Waals surface area contributed by atoms with E-state index in [4.69, 9.17) is 18.5 Å². The van der Waals surface area contributed by atoms with E-state index in [-0.39, 0.29) is 25.8 Å². The van der Waals surface area contributed by atoms with Crippen molar-refractivity contribution in [1.29, 1.82) is 0 Å². The van der Waals surface area contributed by atoms with E-state index in [1.165, 1.54) is 128 Å². The third-order valence-corrected chi connectivity index (χ3v) is 11.4. The molecule has 0 aromatic rings. The van der Waals surface area contributed by atoms with Gasteiger partial charge in [-0.2, -0.15) is 0 Å². The minimum Gasteiger partial charge on any atom is -0.457 e. The molecule has 0 fully saturated rings. The first-order valence-corrected chi connectivity index (χ1v) is 25.9. The maximum atomic E-state index is 12.7. The molecule has 0 radical (unpaired) electrons. The normalized spacial score (nSPS) is 14.1. The van der Waals surface area contributed by atoms with Gasteiger partial charge in [0.1, 0.15) is 19.3 Å². The van der Waals surface area contributed by atoms with Crippen LogP contribution < -0.4 is 0 Å². The third kappa shape index (κ3) is 47.4. The van der Waals surface area contributed by atoms with Crippen LogP contribution in [0.2, 0.25) is 0 Å². The summed E-state index contributed by atoms with van der Waals surface area (Å²) in [5, 5.41) is 0. The lowest BCUT2D eigenvalue weighted by atomic mass is 10.0. The number of phosphoric ester groups is 1. The Kier molecular flexibility index (Phi) is 42.0. The molecule has 8 nitrogen and oxygen atoms in total. The SMILES string of the molecule is CC/C=C\C/C=C\C/C=C\C/C=C\CCCOCC(COP(=O)(O)OCC[N+](C)(C)C)OC(=O)CCCCCCCCCCCCCCCCCCCCCCCCC. The highest BCUT2D eigenvalue weighted by Gasteiger charge is 2.26. The lowest BCUT2D eigenvalue weighted by molar-refractivity contribution is -0.870. The van der Waals surface area contributed by atoms with Gasteiger partial charge in [-0.25, -0.2) is 4.57 Å². The predicted octanol–water partition coefficient (Wildman–Crippen LogP) is 14.7. The zero-order valence-corrected chi connectivity index (χ0v) is 40.1. The molecule has 0 aromatic heterocycles. The van der Waals surface area contributed by atoms with Crippen molar-refractivity contribution in [1.82, 2.24) is 0 Å². The van der Waals surface area contributed by atoms with Gasteiger partial charge in [0.2, 0.25) is 0 Å². The fourth-order valence-corrected chi connectivity index (χ4v) is 7.42. The lowest BCUT2D eigenvalue weighted by Gasteiger charge is -2.24. The first-order chi connectivity index (χ1) is 28.6. The molecule has 0 saturated heterocycles. The maximum absolute atomic E-state index is 12.7. The fourth-order valence-electron chi connectivity index (χ4n) is 6.68. The van der Waals surface area contributed by atoms with Crippen LogP contribution >= 0.6 is 7.82 Å². The van der Waals surface area contributed by atoms with E-state index in [0.29, 0.717) is 24.1 Å². The van der Waals surface area contributed by atoms with E-state index < -0.39 is 13.9 Å². The second kappa shape index (κ2) is 43.1. The summed E-state index contributed by atoms with van der Waals surface area (Å²) >= 11 is 0. The van der Waals surface area contributed by atoms with Crippen LogP contribution in [0.15, 0.2) is 48.6 Å². The van der Waals surface area contributed by atoms with Crippen molar-refractivity contribution in [3.8, 4) is 0 Å². The number of unbranched alkanes of at least 4 members (excludes halogenated alkanes) is 23. The largest absolute Gasteiger partial charge is 0.472 e. The van der Waals surface area contributed by atoms with Gasteiger partial charge in [0.15, 0.2) is 0 Å². The molecule has 0 aliphatic carbocycles. The maximum Gasteiger partial charge on any atom is 0.472 e. The highest BCUT2D eigenvalue weighted by molar-refractivity contribution is 7.47. The van der Waals surface area contributed by atoms with Gasteiger partial charge in [-0.3, -0.25) is 13.8 Å². The Morgan fingerprint density at radius 3 is 1.41 bits per heavy atom. The summed E-state index contributed by atoms with van der Waals surface area (Å²) in [6.45, 7) is 5.38. The van der Waals surface area contributed by atoms with E-state index in [1.807, 2.05) is 21.1 Å². The molecule has 59 heavy (non-hydrogen) atoms. The molecule has 0 saturated carbocycles. The highest BCUT2D eigenvalue weighted by Crippen LogP contribution is 2.43. The average molecular weight is 853 g/mol. The van der Waals surface area contributed by atoms with Crippen molar-refractivity contribution in [2.24, 2.45) is 0 Å². The second-order valence-electron chi connectivity index (χ2n) is 17.5. The zero-order valence-electron chi connectivity index (χ0n) is 39.2. The van der Waals surface area contributed by atoms with Crippen LogP contribution in [-0.4, -0.2) is 75.6 Å². The molecule has 0 amide bonds. The lowest BCUT2D eigenvalue weighted by Crippen LogP contribution is -2.37. The van der Waals surface area contributed by atoms with Crippen molar-refractivity contribution in [3.63, 3.8) is 0 Å². The van der Waals surface area contributed by atoms with Gasteiger partial charge in [-0.15, -0.1) is 0 Å². The summed E-state index contributed by atoms with van der Waals surface area (Å²) in [7, 11) is 1.64. The molecule has 0 bridgehead atoms. The number of rotatable bonds is 45. The molecule has 1 N–H and O–H groups in total. The molecule has 9 heteroatoms. The molecule has 346 valence electrons. The number of esters is 1. The van der Waals surface area contributed by atoms with E-state index >= 15 is 0 Å². The van der Waals surface area contributed by atoms with E-state index in [1.54, 1.807) is 0 Å². The van der Waals surface area contributed by atoms with E-state index in [2.05, 4.69) is 62.5 Å². The zero-order chi connectivity index (χ0) is 43.4. The van der Waals surface area contributed by atoms with Gasteiger partial charge in [-0.05, 0) is 44.9 Å². The Hall–Kier alpha value is -1.54. The van der Waals surface area contributed by atoms with Crippen LogP contribution in [0, 0.1) is 0 Å². The van der Waals surface area contributed by atoms with Crippen LogP contribution in [0.25, 0.3) is 0 Å².